The second-order valence-electron chi connectivity index (χ2n) is 7.59. The first-order valence-electron chi connectivity index (χ1n) is 9.96. The Morgan fingerprint density at radius 2 is 2.04 bits per heavy atom. The molecule has 1 unspecified atom stereocenters. The fourth-order valence-corrected chi connectivity index (χ4v) is 4.03. The maximum atomic E-state index is 13.3. The molecule has 1 aromatic carbocycles. The van der Waals surface area contributed by atoms with Gasteiger partial charge in [0.05, 0.1) is 6.54 Å². The summed E-state index contributed by atoms with van der Waals surface area (Å²) in [5.74, 6) is 0.593. The normalized spacial score (nSPS) is 16.9. The quantitative estimate of drug-likeness (QED) is 0.684. The first kappa shape index (κ1) is 18.4. The van der Waals surface area contributed by atoms with Crippen molar-refractivity contribution in [2.75, 3.05) is 13.1 Å². The number of rotatable bonds is 5. The number of carbonyl (C=O) groups excluding carboxylic acids is 1. The lowest BCUT2D eigenvalue weighted by atomic mass is 9.92. The van der Waals surface area contributed by atoms with Crippen LogP contribution in [-0.4, -0.2) is 38.7 Å². The van der Waals surface area contributed by atoms with Gasteiger partial charge in [-0.25, -0.2) is 0 Å². The Morgan fingerprint density at radius 1 is 1.14 bits per heavy atom. The first-order valence-corrected chi connectivity index (χ1v) is 9.96. The standard InChI is InChI=1S/C23H26N4O/c1-18-7-4-10-21(25-18)15-19-8-5-13-26(16-19)23(28)22-11-3-2-9-20(22)17-27-14-6-12-24-27/h2-4,6-7,9-12,14,19H,5,8,13,15-17H2,1H3. The molecule has 144 valence electrons. The molecule has 2 aromatic heterocycles. The van der Waals surface area contributed by atoms with Crippen molar-refractivity contribution < 1.29 is 4.79 Å². The zero-order chi connectivity index (χ0) is 19.3. The molecule has 3 heterocycles. The number of benzene rings is 1. The minimum Gasteiger partial charge on any atom is -0.338 e. The minimum absolute atomic E-state index is 0.129. The highest BCUT2D eigenvalue weighted by Gasteiger charge is 2.26. The van der Waals surface area contributed by atoms with Crippen LogP contribution in [0, 0.1) is 12.8 Å². The molecule has 1 saturated heterocycles. The molecular formula is C23H26N4O. The van der Waals surface area contributed by atoms with Gasteiger partial charge >= 0.3 is 0 Å². The Balaban J connectivity index is 1.47. The Kier molecular flexibility index (Phi) is 5.51. The van der Waals surface area contributed by atoms with E-state index in [4.69, 9.17) is 0 Å². The predicted molar refractivity (Wildman–Crippen MR) is 109 cm³/mol. The number of aromatic nitrogens is 3. The molecule has 1 amide bonds. The van der Waals surface area contributed by atoms with E-state index in [1.165, 1.54) is 0 Å². The second-order valence-corrected chi connectivity index (χ2v) is 7.59. The molecule has 3 aromatic rings. The monoisotopic (exact) mass is 374 g/mol. The Morgan fingerprint density at radius 3 is 2.86 bits per heavy atom. The van der Waals surface area contributed by atoms with Crippen LogP contribution in [0.25, 0.3) is 0 Å². The molecule has 0 radical (unpaired) electrons. The van der Waals surface area contributed by atoms with E-state index in [1.54, 1.807) is 6.20 Å². The number of pyridine rings is 1. The number of aryl methyl sites for hydroxylation is 1. The Labute approximate surface area is 166 Å². The van der Waals surface area contributed by atoms with Crippen LogP contribution >= 0.6 is 0 Å². The molecule has 0 spiro atoms. The van der Waals surface area contributed by atoms with Crippen molar-refractivity contribution in [1.29, 1.82) is 0 Å². The van der Waals surface area contributed by atoms with E-state index in [2.05, 4.69) is 22.2 Å². The highest BCUT2D eigenvalue weighted by atomic mass is 16.2. The van der Waals surface area contributed by atoms with Gasteiger partial charge in [0.2, 0.25) is 0 Å². The lowest BCUT2D eigenvalue weighted by Crippen LogP contribution is -2.41. The SMILES string of the molecule is Cc1cccc(CC2CCCN(C(=O)c3ccccc3Cn3cccn3)C2)n1. The second kappa shape index (κ2) is 8.38. The van der Waals surface area contributed by atoms with Crippen LogP contribution in [-0.2, 0) is 13.0 Å². The molecule has 1 fully saturated rings. The predicted octanol–water partition coefficient (Wildman–Crippen LogP) is 3.73. The van der Waals surface area contributed by atoms with Gasteiger partial charge in [0.15, 0.2) is 0 Å². The maximum Gasteiger partial charge on any atom is 0.254 e. The van der Waals surface area contributed by atoms with Crippen molar-refractivity contribution in [2.24, 2.45) is 5.92 Å². The summed E-state index contributed by atoms with van der Waals surface area (Å²) in [4.78, 5) is 19.9. The summed E-state index contributed by atoms with van der Waals surface area (Å²) < 4.78 is 1.86. The van der Waals surface area contributed by atoms with Crippen molar-refractivity contribution in [2.45, 2.75) is 32.7 Å². The van der Waals surface area contributed by atoms with Crippen molar-refractivity contribution in [3.8, 4) is 0 Å². The number of hydrogen-bond donors (Lipinski definition) is 0. The van der Waals surface area contributed by atoms with Crippen LogP contribution < -0.4 is 0 Å². The fraction of sp³-hybridized carbons (Fsp3) is 0.348. The maximum absolute atomic E-state index is 13.3. The van der Waals surface area contributed by atoms with Crippen molar-refractivity contribution in [3.05, 3.63) is 83.4 Å². The summed E-state index contributed by atoms with van der Waals surface area (Å²) in [5, 5.41) is 4.28. The third kappa shape index (κ3) is 4.30. The average molecular weight is 374 g/mol. The third-order valence-corrected chi connectivity index (χ3v) is 5.39. The van der Waals surface area contributed by atoms with Gasteiger partial charge in [0.1, 0.15) is 0 Å². The Hall–Kier alpha value is -2.95. The number of nitrogens with zero attached hydrogens (tertiary/aromatic N) is 4. The molecule has 5 heteroatoms. The van der Waals surface area contributed by atoms with Crippen LogP contribution in [0.4, 0.5) is 0 Å². The molecule has 0 aliphatic carbocycles. The van der Waals surface area contributed by atoms with Crippen LogP contribution in [0.1, 0.15) is 40.2 Å². The minimum atomic E-state index is 0.129. The molecule has 0 bridgehead atoms. The number of carbonyl (C=O) groups is 1. The molecule has 1 atom stereocenters. The number of likely N-dealkylation sites (tertiary alicyclic amines) is 1. The lowest BCUT2D eigenvalue weighted by Gasteiger charge is -2.33. The first-order chi connectivity index (χ1) is 13.7. The van der Waals surface area contributed by atoms with E-state index in [1.807, 2.05) is 59.1 Å². The number of piperidine rings is 1. The van der Waals surface area contributed by atoms with E-state index in [9.17, 15) is 4.79 Å². The van der Waals surface area contributed by atoms with E-state index in [0.717, 1.165) is 54.9 Å². The number of hydrogen-bond acceptors (Lipinski definition) is 3. The molecule has 4 rings (SSSR count). The summed E-state index contributed by atoms with van der Waals surface area (Å²) in [6.45, 7) is 4.26. The van der Waals surface area contributed by atoms with Crippen LogP contribution in [0.3, 0.4) is 0 Å². The summed E-state index contributed by atoms with van der Waals surface area (Å²) in [5.41, 5.74) is 3.97. The summed E-state index contributed by atoms with van der Waals surface area (Å²) >= 11 is 0. The molecule has 28 heavy (non-hydrogen) atoms. The van der Waals surface area contributed by atoms with Gasteiger partial charge in [-0.05, 0) is 61.9 Å². The summed E-state index contributed by atoms with van der Waals surface area (Å²) in [7, 11) is 0. The molecule has 1 aliphatic rings. The molecular weight excluding hydrogens is 348 g/mol. The van der Waals surface area contributed by atoms with Crippen molar-refractivity contribution in [3.63, 3.8) is 0 Å². The van der Waals surface area contributed by atoms with E-state index < -0.39 is 0 Å². The van der Waals surface area contributed by atoms with Crippen LogP contribution in [0.15, 0.2) is 60.9 Å². The number of amides is 1. The van der Waals surface area contributed by atoms with E-state index >= 15 is 0 Å². The molecule has 0 saturated carbocycles. The molecule has 5 nitrogen and oxygen atoms in total. The molecule has 1 aliphatic heterocycles. The van der Waals surface area contributed by atoms with Crippen LogP contribution in [0.2, 0.25) is 0 Å². The van der Waals surface area contributed by atoms with Crippen molar-refractivity contribution in [1.82, 2.24) is 19.7 Å². The van der Waals surface area contributed by atoms with E-state index in [0.29, 0.717) is 12.5 Å². The zero-order valence-electron chi connectivity index (χ0n) is 16.3. The molecule has 0 N–H and O–H groups in total. The summed E-state index contributed by atoms with van der Waals surface area (Å²) in [6.07, 6.45) is 6.81. The smallest absolute Gasteiger partial charge is 0.254 e. The fourth-order valence-electron chi connectivity index (χ4n) is 4.03. The lowest BCUT2D eigenvalue weighted by molar-refractivity contribution is 0.0671. The summed E-state index contributed by atoms with van der Waals surface area (Å²) in [6, 6.07) is 16.0. The highest BCUT2D eigenvalue weighted by Crippen LogP contribution is 2.23. The third-order valence-electron chi connectivity index (χ3n) is 5.39. The van der Waals surface area contributed by atoms with Crippen LogP contribution in [0.5, 0.6) is 0 Å². The van der Waals surface area contributed by atoms with E-state index in [-0.39, 0.29) is 5.91 Å². The van der Waals surface area contributed by atoms with Gasteiger partial charge in [0.25, 0.3) is 5.91 Å². The van der Waals surface area contributed by atoms with Gasteiger partial charge < -0.3 is 4.90 Å². The van der Waals surface area contributed by atoms with Gasteiger partial charge in [-0.1, -0.05) is 24.3 Å². The van der Waals surface area contributed by atoms with Crippen molar-refractivity contribution >= 4 is 5.91 Å². The van der Waals surface area contributed by atoms with Gasteiger partial charge in [-0.3, -0.25) is 14.5 Å². The van der Waals surface area contributed by atoms with Gasteiger partial charge in [-0.2, -0.15) is 5.10 Å². The zero-order valence-corrected chi connectivity index (χ0v) is 16.3. The van der Waals surface area contributed by atoms with Gasteiger partial charge in [-0.15, -0.1) is 0 Å². The topological polar surface area (TPSA) is 51.0 Å². The highest BCUT2D eigenvalue weighted by molar-refractivity contribution is 5.95. The van der Waals surface area contributed by atoms with Gasteiger partial charge in [0, 0.05) is 42.4 Å². The largest absolute Gasteiger partial charge is 0.338 e. The average Bonchev–Trinajstić information content (AvgIpc) is 3.21. The Bertz CT molecular complexity index is 935.